The first kappa shape index (κ1) is 18.0. The fraction of sp³-hybridized carbons (Fsp3) is 0.0606. The zero-order valence-electron chi connectivity index (χ0n) is 19.0. The van der Waals surface area contributed by atoms with Crippen molar-refractivity contribution in [2.45, 2.75) is 12.8 Å². The van der Waals surface area contributed by atoms with Crippen LogP contribution in [0.2, 0.25) is 0 Å². The van der Waals surface area contributed by atoms with Crippen molar-refractivity contribution in [3.8, 4) is 22.3 Å². The van der Waals surface area contributed by atoms with Gasteiger partial charge in [-0.1, -0.05) is 78.9 Å². The molecule has 5 aromatic carbocycles. The number of imidazole rings is 1. The molecule has 2 aliphatic rings. The minimum atomic E-state index is 0.997. The number of nitrogens with zero attached hydrogens (tertiary/aromatic N) is 2. The van der Waals surface area contributed by atoms with Crippen LogP contribution in [0.25, 0.3) is 60.6 Å². The fourth-order valence-electron chi connectivity index (χ4n) is 6.72. The molecule has 162 valence electrons. The molecule has 0 saturated heterocycles. The second-order valence-electron chi connectivity index (χ2n) is 9.96. The Labute approximate surface area is 202 Å². The summed E-state index contributed by atoms with van der Waals surface area (Å²) in [6, 6.07) is 35.7. The van der Waals surface area contributed by atoms with Crippen molar-refractivity contribution in [1.82, 2.24) is 9.38 Å². The van der Waals surface area contributed by atoms with Gasteiger partial charge in [-0.2, -0.15) is 0 Å². The lowest BCUT2D eigenvalue weighted by Gasteiger charge is -2.09. The minimum absolute atomic E-state index is 0.997. The van der Waals surface area contributed by atoms with Gasteiger partial charge in [0.15, 0.2) is 0 Å². The topological polar surface area (TPSA) is 17.3 Å². The standard InChI is InChI=1S/C33H20N2/c1-2-8-21-19(7-1)15-28-23(21)13-14-24-27-18-30-32(17-20(27)16-29(24)28)35-31-12-6-5-10-25(31)22-9-3-4-11-26(22)33(35)34-30/h1-14,17-18H,15-16H2. The van der Waals surface area contributed by atoms with Crippen LogP contribution in [0.5, 0.6) is 0 Å². The fourth-order valence-corrected chi connectivity index (χ4v) is 6.72. The van der Waals surface area contributed by atoms with E-state index < -0.39 is 0 Å². The van der Waals surface area contributed by atoms with E-state index in [0.29, 0.717) is 0 Å². The summed E-state index contributed by atoms with van der Waals surface area (Å²) >= 11 is 0. The molecule has 2 aliphatic carbocycles. The summed E-state index contributed by atoms with van der Waals surface area (Å²) in [4.78, 5) is 5.21. The van der Waals surface area contributed by atoms with Gasteiger partial charge in [0.1, 0.15) is 5.65 Å². The molecule has 2 heterocycles. The lowest BCUT2D eigenvalue weighted by molar-refractivity contribution is 1.16. The molecule has 2 aromatic heterocycles. The smallest absolute Gasteiger partial charge is 0.146 e. The maximum absolute atomic E-state index is 5.21. The third-order valence-electron chi connectivity index (χ3n) is 8.25. The highest BCUT2D eigenvalue weighted by Gasteiger charge is 2.28. The van der Waals surface area contributed by atoms with Crippen LogP contribution in [0.3, 0.4) is 0 Å². The second kappa shape index (κ2) is 6.17. The lowest BCUT2D eigenvalue weighted by atomic mass is 9.96. The molecule has 2 heteroatoms. The number of hydrogen-bond acceptors (Lipinski definition) is 1. The van der Waals surface area contributed by atoms with E-state index in [2.05, 4.69) is 101 Å². The molecule has 0 amide bonds. The van der Waals surface area contributed by atoms with E-state index in [-0.39, 0.29) is 0 Å². The molecule has 0 bridgehead atoms. The van der Waals surface area contributed by atoms with Gasteiger partial charge in [-0.3, -0.25) is 4.40 Å². The van der Waals surface area contributed by atoms with E-state index in [1.165, 1.54) is 71.7 Å². The van der Waals surface area contributed by atoms with E-state index in [0.717, 1.165) is 24.0 Å². The minimum Gasteiger partial charge on any atom is -0.292 e. The van der Waals surface area contributed by atoms with Crippen molar-refractivity contribution < 1.29 is 0 Å². The molecule has 0 atom stereocenters. The number of fused-ring (bicyclic) bond motifs is 15. The van der Waals surface area contributed by atoms with Crippen molar-refractivity contribution in [3.05, 3.63) is 119 Å². The van der Waals surface area contributed by atoms with Crippen LogP contribution in [-0.4, -0.2) is 9.38 Å². The molecule has 0 spiro atoms. The van der Waals surface area contributed by atoms with Gasteiger partial charge < -0.3 is 0 Å². The Kier molecular flexibility index (Phi) is 3.16. The van der Waals surface area contributed by atoms with Crippen LogP contribution in [0.4, 0.5) is 0 Å². The zero-order valence-corrected chi connectivity index (χ0v) is 19.0. The van der Waals surface area contributed by atoms with E-state index in [1.54, 1.807) is 0 Å². The molecule has 35 heavy (non-hydrogen) atoms. The maximum atomic E-state index is 5.21. The number of rotatable bonds is 0. The van der Waals surface area contributed by atoms with Crippen LogP contribution in [0.15, 0.2) is 97.1 Å². The largest absolute Gasteiger partial charge is 0.292 e. The van der Waals surface area contributed by atoms with Gasteiger partial charge in [-0.05, 0) is 80.9 Å². The summed E-state index contributed by atoms with van der Waals surface area (Å²) in [5, 5.41) is 3.74. The molecule has 0 radical (unpaired) electrons. The SMILES string of the molecule is c1ccc2c(c1)Cc1c-2ccc2c1Cc1cc3c(cc1-2)nc1c2ccccc2c2ccccc2n31. The van der Waals surface area contributed by atoms with Crippen LogP contribution < -0.4 is 0 Å². The van der Waals surface area contributed by atoms with Gasteiger partial charge in [0.25, 0.3) is 0 Å². The van der Waals surface area contributed by atoms with Crippen molar-refractivity contribution in [2.24, 2.45) is 0 Å². The third kappa shape index (κ3) is 2.18. The van der Waals surface area contributed by atoms with E-state index in [4.69, 9.17) is 4.98 Å². The first-order chi connectivity index (χ1) is 17.3. The van der Waals surface area contributed by atoms with Crippen molar-refractivity contribution in [3.63, 3.8) is 0 Å². The number of hydrogen-bond donors (Lipinski definition) is 0. The molecule has 0 aliphatic heterocycles. The molecule has 2 nitrogen and oxygen atoms in total. The Balaban J connectivity index is 1.34. The van der Waals surface area contributed by atoms with E-state index in [9.17, 15) is 0 Å². The number of benzene rings is 5. The first-order valence-corrected chi connectivity index (χ1v) is 12.3. The van der Waals surface area contributed by atoms with Crippen molar-refractivity contribution >= 4 is 38.4 Å². The van der Waals surface area contributed by atoms with Crippen molar-refractivity contribution in [1.29, 1.82) is 0 Å². The lowest BCUT2D eigenvalue weighted by Crippen LogP contribution is -1.92. The zero-order chi connectivity index (χ0) is 22.7. The van der Waals surface area contributed by atoms with Gasteiger partial charge in [0, 0.05) is 10.8 Å². The Bertz CT molecular complexity index is 2060. The monoisotopic (exact) mass is 444 g/mol. The molecule has 7 aromatic rings. The molecule has 0 fully saturated rings. The van der Waals surface area contributed by atoms with Gasteiger partial charge in [-0.15, -0.1) is 0 Å². The molecule has 0 unspecified atom stereocenters. The number of pyridine rings is 1. The second-order valence-corrected chi connectivity index (χ2v) is 9.96. The highest BCUT2D eigenvalue weighted by molar-refractivity contribution is 6.14. The molecule has 9 rings (SSSR count). The van der Waals surface area contributed by atoms with Gasteiger partial charge in [0.05, 0.1) is 16.6 Å². The highest BCUT2D eigenvalue weighted by Crippen LogP contribution is 2.47. The summed E-state index contributed by atoms with van der Waals surface area (Å²) < 4.78 is 2.37. The van der Waals surface area contributed by atoms with E-state index in [1.807, 2.05) is 0 Å². The van der Waals surface area contributed by atoms with Crippen LogP contribution >= 0.6 is 0 Å². The third-order valence-corrected chi connectivity index (χ3v) is 8.25. The Hall–Kier alpha value is -4.43. The average Bonchev–Trinajstić information content (AvgIpc) is 3.58. The normalized spacial score (nSPS) is 13.5. The summed E-state index contributed by atoms with van der Waals surface area (Å²) in [7, 11) is 0. The Morgan fingerprint density at radius 2 is 1.20 bits per heavy atom. The quantitative estimate of drug-likeness (QED) is 0.217. The predicted octanol–water partition coefficient (Wildman–Crippen LogP) is 7.94. The Morgan fingerprint density at radius 1 is 0.514 bits per heavy atom. The maximum Gasteiger partial charge on any atom is 0.146 e. The first-order valence-electron chi connectivity index (χ1n) is 12.3. The van der Waals surface area contributed by atoms with E-state index >= 15 is 0 Å². The van der Waals surface area contributed by atoms with Gasteiger partial charge in [0.2, 0.25) is 0 Å². The summed E-state index contributed by atoms with van der Waals surface area (Å²) in [6.07, 6.45) is 2.04. The van der Waals surface area contributed by atoms with Crippen molar-refractivity contribution in [2.75, 3.05) is 0 Å². The predicted molar refractivity (Wildman–Crippen MR) is 144 cm³/mol. The molecular weight excluding hydrogens is 424 g/mol. The number of para-hydroxylation sites is 1. The van der Waals surface area contributed by atoms with Crippen LogP contribution in [0, 0.1) is 0 Å². The highest BCUT2D eigenvalue weighted by atomic mass is 15.0. The van der Waals surface area contributed by atoms with Gasteiger partial charge >= 0.3 is 0 Å². The summed E-state index contributed by atoms with van der Waals surface area (Å²) in [5.74, 6) is 0. The average molecular weight is 445 g/mol. The van der Waals surface area contributed by atoms with Gasteiger partial charge in [-0.25, -0.2) is 4.98 Å². The molecule has 0 saturated carbocycles. The molecular formula is C33H20N2. The van der Waals surface area contributed by atoms with Crippen LogP contribution in [0.1, 0.15) is 22.3 Å². The summed E-state index contributed by atoms with van der Waals surface area (Å²) in [6.45, 7) is 0. The number of aromatic nitrogens is 2. The van der Waals surface area contributed by atoms with Crippen LogP contribution in [-0.2, 0) is 12.8 Å². The summed E-state index contributed by atoms with van der Waals surface area (Å²) in [5.41, 5.74) is 16.0. The Morgan fingerprint density at radius 3 is 2.09 bits per heavy atom. The molecule has 0 N–H and O–H groups in total.